The molecule has 0 saturated carbocycles. The number of furan rings is 1. The standard InChI is InChI=1S/C16H17N2O.BrH/c1-3-8-17-9-10-18(13(17)2)12-15-11-14-6-4-5-7-16(14)19-15;/h3-7,9-11H,1,8,12H2,2H3;1H/q+1;/p-1. The van der Waals surface area contributed by atoms with Crippen molar-refractivity contribution in [1.29, 1.82) is 0 Å². The summed E-state index contributed by atoms with van der Waals surface area (Å²) in [5.41, 5.74) is 0.946. The lowest BCUT2D eigenvalue weighted by atomic mass is 10.2. The second kappa shape index (κ2) is 6.09. The molecule has 104 valence electrons. The van der Waals surface area contributed by atoms with Gasteiger partial charge in [-0.3, -0.25) is 0 Å². The first-order chi connectivity index (χ1) is 9.28. The third kappa shape index (κ3) is 2.70. The highest BCUT2D eigenvalue weighted by Crippen LogP contribution is 2.18. The van der Waals surface area contributed by atoms with Crippen molar-refractivity contribution >= 4 is 11.0 Å². The Kier molecular flexibility index (Phi) is 4.45. The normalized spacial score (nSPS) is 10.4. The van der Waals surface area contributed by atoms with Crippen molar-refractivity contribution in [2.75, 3.05) is 0 Å². The average molecular weight is 333 g/mol. The lowest BCUT2D eigenvalue weighted by molar-refractivity contribution is -0.695. The van der Waals surface area contributed by atoms with Gasteiger partial charge in [0.15, 0.2) is 0 Å². The monoisotopic (exact) mass is 332 g/mol. The van der Waals surface area contributed by atoms with Crippen LogP contribution in [0.15, 0.2) is 59.8 Å². The highest BCUT2D eigenvalue weighted by atomic mass is 79.9. The van der Waals surface area contributed by atoms with E-state index in [0.29, 0.717) is 0 Å². The smallest absolute Gasteiger partial charge is 0.253 e. The zero-order valence-corrected chi connectivity index (χ0v) is 13.0. The molecular formula is C16H17BrN2O. The maximum Gasteiger partial charge on any atom is 0.253 e. The number of hydrogen-bond acceptors (Lipinski definition) is 1. The summed E-state index contributed by atoms with van der Waals surface area (Å²) in [5, 5.41) is 1.15. The Labute approximate surface area is 128 Å². The summed E-state index contributed by atoms with van der Waals surface area (Å²) < 4.78 is 10.2. The minimum absolute atomic E-state index is 0. The molecule has 3 aromatic rings. The summed E-state index contributed by atoms with van der Waals surface area (Å²) in [4.78, 5) is 0. The van der Waals surface area contributed by atoms with Crippen LogP contribution in [0.2, 0.25) is 0 Å². The predicted octanol–water partition coefficient (Wildman–Crippen LogP) is 0.0685. The molecule has 2 heterocycles. The highest BCUT2D eigenvalue weighted by Gasteiger charge is 2.13. The SMILES string of the molecule is C=CCn1cc[n+](Cc2cc3ccccc3o2)c1C.[Br-]. The van der Waals surface area contributed by atoms with Crippen molar-refractivity contribution in [3.8, 4) is 0 Å². The molecule has 2 aromatic heterocycles. The molecule has 0 atom stereocenters. The van der Waals surface area contributed by atoms with Gasteiger partial charge in [0.05, 0.1) is 0 Å². The summed E-state index contributed by atoms with van der Waals surface area (Å²) in [6.07, 6.45) is 6.05. The number of imidazole rings is 1. The van der Waals surface area contributed by atoms with Crippen molar-refractivity contribution in [2.45, 2.75) is 20.0 Å². The van der Waals surface area contributed by atoms with E-state index in [1.54, 1.807) is 0 Å². The van der Waals surface area contributed by atoms with Crippen LogP contribution in [0.4, 0.5) is 0 Å². The fourth-order valence-corrected chi connectivity index (χ4v) is 2.32. The number of halogens is 1. The van der Waals surface area contributed by atoms with Crippen LogP contribution in [0.3, 0.4) is 0 Å². The van der Waals surface area contributed by atoms with Gasteiger partial charge >= 0.3 is 0 Å². The molecule has 0 aliphatic carbocycles. The third-order valence-electron chi connectivity index (χ3n) is 3.39. The highest BCUT2D eigenvalue weighted by molar-refractivity contribution is 5.77. The van der Waals surface area contributed by atoms with Crippen LogP contribution in [0.5, 0.6) is 0 Å². The molecule has 3 rings (SSSR count). The molecule has 0 aliphatic rings. The molecule has 0 N–H and O–H groups in total. The maximum absolute atomic E-state index is 5.85. The molecule has 0 unspecified atom stereocenters. The van der Waals surface area contributed by atoms with Crippen molar-refractivity contribution in [3.63, 3.8) is 0 Å². The molecule has 0 spiro atoms. The molecule has 0 radical (unpaired) electrons. The molecule has 0 saturated heterocycles. The Balaban J connectivity index is 0.00000147. The van der Waals surface area contributed by atoms with Crippen molar-refractivity contribution in [1.82, 2.24) is 4.57 Å². The summed E-state index contributed by atoms with van der Waals surface area (Å²) in [7, 11) is 0. The quantitative estimate of drug-likeness (QED) is 0.489. The fourth-order valence-electron chi connectivity index (χ4n) is 2.32. The van der Waals surface area contributed by atoms with E-state index in [1.807, 2.05) is 24.3 Å². The maximum atomic E-state index is 5.85. The van der Waals surface area contributed by atoms with E-state index in [9.17, 15) is 0 Å². The van der Waals surface area contributed by atoms with Gasteiger partial charge in [-0.1, -0.05) is 30.9 Å². The van der Waals surface area contributed by atoms with Gasteiger partial charge in [-0.25, -0.2) is 9.13 Å². The van der Waals surface area contributed by atoms with Gasteiger partial charge in [0, 0.05) is 12.3 Å². The van der Waals surface area contributed by atoms with Crippen LogP contribution < -0.4 is 21.5 Å². The number of allylic oxidation sites excluding steroid dienone is 1. The zero-order chi connectivity index (χ0) is 13.2. The first-order valence-corrected chi connectivity index (χ1v) is 6.41. The third-order valence-corrected chi connectivity index (χ3v) is 3.39. The molecule has 0 amide bonds. The van der Waals surface area contributed by atoms with E-state index in [1.165, 1.54) is 5.82 Å². The van der Waals surface area contributed by atoms with Crippen molar-refractivity contribution in [2.24, 2.45) is 0 Å². The van der Waals surface area contributed by atoms with Gasteiger partial charge in [0.25, 0.3) is 5.82 Å². The van der Waals surface area contributed by atoms with Crippen LogP contribution in [0.1, 0.15) is 11.6 Å². The number of hydrogen-bond donors (Lipinski definition) is 0. The second-order valence-corrected chi connectivity index (χ2v) is 4.66. The first-order valence-electron chi connectivity index (χ1n) is 6.41. The summed E-state index contributed by atoms with van der Waals surface area (Å²) in [6.45, 7) is 7.46. The van der Waals surface area contributed by atoms with Gasteiger partial charge in [0.2, 0.25) is 0 Å². The van der Waals surface area contributed by atoms with Gasteiger partial charge < -0.3 is 21.4 Å². The van der Waals surface area contributed by atoms with E-state index in [4.69, 9.17) is 4.42 Å². The number of para-hydroxylation sites is 1. The van der Waals surface area contributed by atoms with Crippen molar-refractivity contribution in [3.05, 3.63) is 67.0 Å². The number of aromatic nitrogens is 2. The number of nitrogens with zero attached hydrogens (tertiary/aromatic N) is 2. The lowest BCUT2D eigenvalue weighted by Crippen LogP contribution is -3.00. The number of rotatable bonds is 4. The minimum Gasteiger partial charge on any atom is -1.00 e. The Morgan fingerprint density at radius 3 is 2.90 bits per heavy atom. The van der Waals surface area contributed by atoms with Crippen LogP contribution >= 0.6 is 0 Å². The Morgan fingerprint density at radius 1 is 1.35 bits per heavy atom. The van der Waals surface area contributed by atoms with Crippen LogP contribution in [-0.2, 0) is 13.1 Å². The fraction of sp³-hybridized carbons (Fsp3) is 0.188. The summed E-state index contributed by atoms with van der Waals surface area (Å²) >= 11 is 0. The lowest BCUT2D eigenvalue weighted by Gasteiger charge is -1.97. The average Bonchev–Trinajstić information content (AvgIpc) is 2.96. The first kappa shape index (κ1) is 14.6. The molecule has 0 fully saturated rings. The largest absolute Gasteiger partial charge is 1.00 e. The topological polar surface area (TPSA) is 21.9 Å². The Bertz CT molecular complexity index is 694. The molecule has 4 heteroatoms. The minimum atomic E-state index is 0. The number of fused-ring (bicyclic) bond motifs is 1. The molecular weight excluding hydrogens is 316 g/mol. The van der Waals surface area contributed by atoms with Crippen LogP contribution in [0.25, 0.3) is 11.0 Å². The summed E-state index contributed by atoms with van der Waals surface area (Å²) in [5.74, 6) is 2.17. The second-order valence-electron chi connectivity index (χ2n) is 4.66. The summed E-state index contributed by atoms with van der Waals surface area (Å²) in [6, 6.07) is 10.2. The van der Waals surface area contributed by atoms with E-state index in [0.717, 1.165) is 29.8 Å². The van der Waals surface area contributed by atoms with Gasteiger partial charge in [-0.15, -0.1) is 0 Å². The Morgan fingerprint density at radius 2 is 2.15 bits per heavy atom. The zero-order valence-electron chi connectivity index (χ0n) is 11.4. The van der Waals surface area contributed by atoms with Crippen LogP contribution in [-0.4, -0.2) is 4.57 Å². The number of benzene rings is 1. The molecule has 1 aromatic carbocycles. The van der Waals surface area contributed by atoms with Crippen LogP contribution in [0, 0.1) is 6.92 Å². The Hall–Kier alpha value is -1.81. The van der Waals surface area contributed by atoms with E-state index in [2.05, 4.69) is 47.2 Å². The van der Waals surface area contributed by atoms with E-state index in [-0.39, 0.29) is 17.0 Å². The van der Waals surface area contributed by atoms with Crippen molar-refractivity contribution < 1.29 is 26.0 Å². The molecule has 0 aliphatic heterocycles. The van der Waals surface area contributed by atoms with E-state index < -0.39 is 0 Å². The molecule has 20 heavy (non-hydrogen) atoms. The molecule has 0 bridgehead atoms. The van der Waals surface area contributed by atoms with Gasteiger partial charge in [-0.05, 0) is 12.1 Å². The van der Waals surface area contributed by atoms with Gasteiger partial charge in [-0.2, -0.15) is 0 Å². The predicted molar refractivity (Wildman–Crippen MR) is 74.9 cm³/mol. The molecule has 3 nitrogen and oxygen atoms in total. The van der Waals surface area contributed by atoms with Gasteiger partial charge in [0.1, 0.15) is 36.8 Å². The van der Waals surface area contributed by atoms with E-state index >= 15 is 0 Å².